The van der Waals surface area contributed by atoms with E-state index in [0.717, 1.165) is 44.1 Å². The molecule has 6 nitrogen and oxygen atoms in total. The fourth-order valence-corrected chi connectivity index (χ4v) is 3.31. The van der Waals surface area contributed by atoms with E-state index >= 15 is 0 Å². The van der Waals surface area contributed by atoms with Crippen molar-refractivity contribution in [2.45, 2.75) is 19.2 Å². The molecule has 1 fully saturated rings. The van der Waals surface area contributed by atoms with Gasteiger partial charge in [0.15, 0.2) is 11.5 Å². The van der Waals surface area contributed by atoms with Gasteiger partial charge in [-0.3, -0.25) is 9.58 Å². The fraction of sp³-hybridized carbons (Fsp3) is 0.438. The molecule has 23 heavy (non-hydrogen) atoms. The van der Waals surface area contributed by atoms with E-state index in [4.69, 9.17) is 25.8 Å². The number of halogens is 1. The summed E-state index contributed by atoms with van der Waals surface area (Å²) < 4.78 is 18.5. The predicted molar refractivity (Wildman–Crippen MR) is 84.8 cm³/mol. The summed E-state index contributed by atoms with van der Waals surface area (Å²) in [5.74, 6) is 1.38. The number of hydrogen-bond acceptors (Lipinski definition) is 5. The Bertz CT molecular complexity index is 677. The van der Waals surface area contributed by atoms with Gasteiger partial charge in [-0.1, -0.05) is 11.6 Å². The highest BCUT2D eigenvalue weighted by Crippen LogP contribution is 2.40. The Morgan fingerprint density at radius 2 is 2.26 bits per heavy atom. The lowest BCUT2D eigenvalue weighted by atomic mass is 10.1. The molecule has 0 saturated carbocycles. The Hall–Kier alpha value is -1.76. The highest BCUT2D eigenvalue weighted by Gasteiger charge is 2.23. The first kappa shape index (κ1) is 14.8. The molecule has 2 aliphatic rings. The average molecular weight is 336 g/mol. The van der Waals surface area contributed by atoms with Gasteiger partial charge in [0.2, 0.25) is 6.79 Å². The number of benzene rings is 1. The normalized spacial score (nSPS) is 20.8. The van der Waals surface area contributed by atoms with E-state index in [1.54, 1.807) is 6.20 Å². The van der Waals surface area contributed by atoms with Crippen molar-refractivity contribution in [3.05, 3.63) is 41.2 Å². The molecule has 1 saturated heterocycles. The van der Waals surface area contributed by atoms with Crippen LogP contribution in [-0.4, -0.2) is 47.3 Å². The molecular formula is C16H18ClN3O3. The van der Waals surface area contributed by atoms with E-state index in [1.807, 2.05) is 29.1 Å². The minimum atomic E-state index is 0.146. The molecule has 1 unspecified atom stereocenters. The molecule has 0 amide bonds. The molecule has 1 aromatic carbocycles. The minimum absolute atomic E-state index is 0.146. The number of ether oxygens (including phenoxy) is 3. The Balaban J connectivity index is 1.41. The largest absolute Gasteiger partial charge is 0.454 e. The molecule has 0 N–H and O–H groups in total. The number of hydrogen-bond donors (Lipinski definition) is 0. The van der Waals surface area contributed by atoms with Crippen LogP contribution in [0.15, 0.2) is 30.6 Å². The lowest BCUT2D eigenvalue weighted by Crippen LogP contribution is -2.43. The number of aromatic nitrogens is 2. The second-order valence-corrected chi connectivity index (χ2v) is 6.17. The Morgan fingerprint density at radius 3 is 3.13 bits per heavy atom. The molecule has 2 aromatic rings. The first-order chi connectivity index (χ1) is 11.3. The first-order valence-electron chi connectivity index (χ1n) is 7.67. The Morgan fingerprint density at radius 1 is 1.30 bits per heavy atom. The highest BCUT2D eigenvalue weighted by atomic mass is 35.5. The van der Waals surface area contributed by atoms with Gasteiger partial charge >= 0.3 is 0 Å². The number of morpholine rings is 1. The van der Waals surface area contributed by atoms with Gasteiger partial charge < -0.3 is 14.2 Å². The molecule has 122 valence electrons. The van der Waals surface area contributed by atoms with Crippen LogP contribution < -0.4 is 9.47 Å². The second kappa shape index (κ2) is 6.39. The summed E-state index contributed by atoms with van der Waals surface area (Å²) in [5, 5.41) is 4.85. The van der Waals surface area contributed by atoms with Gasteiger partial charge in [0.05, 0.1) is 24.3 Å². The summed E-state index contributed by atoms with van der Waals surface area (Å²) in [6, 6.07) is 5.88. The van der Waals surface area contributed by atoms with E-state index in [2.05, 4.69) is 10.00 Å². The summed E-state index contributed by atoms with van der Waals surface area (Å²) in [5.41, 5.74) is 1.12. The third kappa shape index (κ3) is 3.29. The quantitative estimate of drug-likeness (QED) is 0.857. The van der Waals surface area contributed by atoms with Crippen LogP contribution in [-0.2, 0) is 17.8 Å². The zero-order valence-corrected chi connectivity index (χ0v) is 13.4. The summed E-state index contributed by atoms with van der Waals surface area (Å²) in [6.07, 6.45) is 3.89. The van der Waals surface area contributed by atoms with E-state index in [-0.39, 0.29) is 12.9 Å². The van der Waals surface area contributed by atoms with Crippen molar-refractivity contribution < 1.29 is 14.2 Å². The zero-order valence-electron chi connectivity index (χ0n) is 12.7. The Labute approximate surface area is 139 Å². The van der Waals surface area contributed by atoms with Crippen molar-refractivity contribution in [1.29, 1.82) is 0 Å². The van der Waals surface area contributed by atoms with Crippen LogP contribution in [0.4, 0.5) is 0 Å². The second-order valence-electron chi connectivity index (χ2n) is 5.77. The maximum atomic E-state index is 6.26. The van der Waals surface area contributed by atoms with Crippen molar-refractivity contribution >= 4 is 11.6 Å². The number of fused-ring (bicyclic) bond motifs is 1. The molecule has 7 heteroatoms. The highest BCUT2D eigenvalue weighted by molar-refractivity contribution is 6.32. The number of rotatable bonds is 4. The van der Waals surface area contributed by atoms with Crippen molar-refractivity contribution in [3.8, 4) is 11.5 Å². The van der Waals surface area contributed by atoms with E-state index in [1.165, 1.54) is 0 Å². The van der Waals surface area contributed by atoms with Gasteiger partial charge in [0.25, 0.3) is 0 Å². The molecule has 4 rings (SSSR count). The Kier molecular flexibility index (Phi) is 4.11. The molecule has 1 atom stereocenters. The lowest BCUT2D eigenvalue weighted by Gasteiger charge is -2.33. The lowest BCUT2D eigenvalue weighted by molar-refractivity contribution is -0.0402. The van der Waals surface area contributed by atoms with Gasteiger partial charge in [-0.15, -0.1) is 0 Å². The van der Waals surface area contributed by atoms with Crippen LogP contribution in [0, 0.1) is 0 Å². The van der Waals surface area contributed by atoms with Gasteiger partial charge in [-0.25, -0.2) is 0 Å². The van der Waals surface area contributed by atoms with Gasteiger partial charge in [-0.05, 0) is 23.8 Å². The maximum Gasteiger partial charge on any atom is 0.231 e. The molecule has 2 aliphatic heterocycles. The summed E-state index contributed by atoms with van der Waals surface area (Å²) >= 11 is 6.26. The van der Waals surface area contributed by atoms with Crippen LogP contribution in [0.3, 0.4) is 0 Å². The molecule has 0 aliphatic carbocycles. The molecular weight excluding hydrogens is 318 g/mol. The molecule has 0 radical (unpaired) electrons. The summed E-state index contributed by atoms with van der Waals surface area (Å²) in [6.45, 7) is 4.32. The molecule has 3 heterocycles. The fourth-order valence-electron chi connectivity index (χ4n) is 3.02. The standard InChI is InChI=1S/C16H18ClN3O3/c17-14-6-12(7-15-16(14)23-11-22-15)8-19-4-5-21-13(9-19)10-20-3-1-2-18-20/h1-3,6-7,13H,4-5,8-11H2. The van der Waals surface area contributed by atoms with Crippen LogP contribution >= 0.6 is 11.6 Å². The smallest absolute Gasteiger partial charge is 0.231 e. The van der Waals surface area contributed by atoms with Crippen molar-refractivity contribution in [2.24, 2.45) is 0 Å². The average Bonchev–Trinajstić information content (AvgIpc) is 3.19. The zero-order chi connectivity index (χ0) is 15.6. The van der Waals surface area contributed by atoms with Crippen LogP contribution in [0.1, 0.15) is 5.56 Å². The van der Waals surface area contributed by atoms with Gasteiger partial charge in [0, 0.05) is 32.0 Å². The van der Waals surface area contributed by atoms with E-state index in [9.17, 15) is 0 Å². The SMILES string of the molecule is Clc1cc(CN2CCOC(Cn3cccn3)C2)cc2c1OCO2. The topological polar surface area (TPSA) is 48.8 Å². The van der Waals surface area contributed by atoms with Crippen molar-refractivity contribution in [3.63, 3.8) is 0 Å². The third-order valence-corrected chi connectivity index (χ3v) is 4.35. The monoisotopic (exact) mass is 335 g/mol. The van der Waals surface area contributed by atoms with Crippen LogP contribution in [0.2, 0.25) is 5.02 Å². The van der Waals surface area contributed by atoms with Crippen molar-refractivity contribution in [1.82, 2.24) is 14.7 Å². The van der Waals surface area contributed by atoms with E-state index < -0.39 is 0 Å². The summed E-state index contributed by atoms with van der Waals surface area (Å²) in [4.78, 5) is 2.37. The van der Waals surface area contributed by atoms with Crippen molar-refractivity contribution in [2.75, 3.05) is 26.5 Å². The van der Waals surface area contributed by atoms with E-state index in [0.29, 0.717) is 10.8 Å². The molecule has 0 spiro atoms. The maximum absolute atomic E-state index is 6.26. The first-order valence-corrected chi connectivity index (χ1v) is 8.05. The van der Waals surface area contributed by atoms with Crippen LogP contribution in [0.5, 0.6) is 11.5 Å². The molecule has 1 aromatic heterocycles. The van der Waals surface area contributed by atoms with Gasteiger partial charge in [-0.2, -0.15) is 5.10 Å². The minimum Gasteiger partial charge on any atom is -0.454 e. The summed E-state index contributed by atoms with van der Waals surface area (Å²) in [7, 11) is 0. The van der Waals surface area contributed by atoms with Crippen LogP contribution in [0.25, 0.3) is 0 Å². The number of nitrogens with zero attached hydrogens (tertiary/aromatic N) is 3. The van der Waals surface area contributed by atoms with Gasteiger partial charge in [0.1, 0.15) is 0 Å². The molecule has 0 bridgehead atoms. The predicted octanol–water partition coefficient (Wildman–Crippen LogP) is 2.17. The third-order valence-electron chi connectivity index (χ3n) is 4.07.